The Bertz CT molecular complexity index is 1440. The molecule has 36 heavy (non-hydrogen) atoms. The molecule has 0 saturated carbocycles. The summed E-state index contributed by atoms with van der Waals surface area (Å²) in [6.45, 7) is 1.51. The average molecular weight is 517 g/mol. The van der Waals surface area contributed by atoms with Crippen LogP contribution in [0.2, 0.25) is 0 Å². The molecule has 1 aromatic carbocycles. The van der Waals surface area contributed by atoms with Crippen molar-refractivity contribution in [3.8, 4) is 11.6 Å². The van der Waals surface area contributed by atoms with E-state index >= 15 is 0 Å². The first-order valence-electron chi connectivity index (χ1n) is 10.4. The van der Waals surface area contributed by atoms with Gasteiger partial charge in [0.05, 0.1) is 29.8 Å². The molecule has 3 N–H and O–H groups in total. The second-order valence-electron chi connectivity index (χ2n) is 7.48. The van der Waals surface area contributed by atoms with Crippen molar-refractivity contribution < 1.29 is 23.1 Å². The molecule has 0 spiro atoms. The number of amides is 2. The van der Waals surface area contributed by atoms with Crippen LogP contribution >= 0.6 is 11.8 Å². The zero-order chi connectivity index (χ0) is 25.9. The fraction of sp³-hybridized carbons (Fsp3) is 0.130. The standard InChI is InChI=1S/C23H19F3N6O3S/c1-14-20(33)32(16-5-7-17(8-6-16)36-23(24,25)26)22(35)31(14)13-15-9-11-27-12-18(15)29-21(34)30-19-4-2-3-10-28-19/h2-12,33H,13H2,1H3,(H2,28,29,30,34). The molecule has 4 aromatic rings. The van der Waals surface area contributed by atoms with Crippen LogP contribution in [-0.4, -0.2) is 35.7 Å². The molecule has 0 aliphatic rings. The minimum absolute atomic E-state index is 0.0189. The number of alkyl halides is 3. The number of nitrogens with zero attached hydrogens (tertiary/aromatic N) is 4. The van der Waals surface area contributed by atoms with Crippen molar-refractivity contribution in [1.82, 2.24) is 19.1 Å². The van der Waals surface area contributed by atoms with Gasteiger partial charge in [-0.05, 0) is 66.7 Å². The third-order valence-corrected chi connectivity index (χ3v) is 5.82. The minimum Gasteiger partial charge on any atom is -0.493 e. The zero-order valence-corrected chi connectivity index (χ0v) is 19.5. The van der Waals surface area contributed by atoms with Crippen LogP contribution in [0.15, 0.2) is 76.8 Å². The molecule has 2 amide bonds. The van der Waals surface area contributed by atoms with Gasteiger partial charge in [0.15, 0.2) is 0 Å². The number of hydrogen-bond donors (Lipinski definition) is 3. The van der Waals surface area contributed by atoms with E-state index in [1.807, 2.05) is 0 Å². The highest BCUT2D eigenvalue weighted by Crippen LogP contribution is 2.37. The lowest BCUT2D eigenvalue weighted by molar-refractivity contribution is -0.0328. The SMILES string of the molecule is Cc1c(O)n(-c2ccc(SC(F)(F)F)cc2)c(=O)n1Cc1ccncc1NC(=O)Nc1ccccn1. The number of carbonyl (C=O) groups excluding carboxylic acids is 1. The van der Waals surface area contributed by atoms with Crippen LogP contribution in [0.4, 0.5) is 29.5 Å². The van der Waals surface area contributed by atoms with Crippen molar-refractivity contribution in [2.45, 2.75) is 23.9 Å². The van der Waals surface area contributed by atoms with Crippen LogP contribution in [0.5, 0.6) is 5.88 Å². The number of thioether (sulfide) groups is 1. The van der Waals surface area contributed by atoms with E-state index in [-0.39, 0.29) is 40.5 Å². The van der Waals surface area contributed by atoms with E-state index in [2.05, 4.69) is 20.6 Å². The van der Waals surface area contributed by atoms with Gasteiger partial charge in [-0.2, -0.15) is 13.2 Å². The number of aromatic nitrogens is 4. The molecule has 0 radical (unpaired) electrons. The van der Waals surface area contributed by atoms with Gasteiger partial charge in [-0.3, -0.25) is 14.9 Å². The maximum Gasteiger partial charge on any atom is 0.446 e. The van der Waals surface area contributed by atoms with Crippen molar-refractivity contribution in [2.75, 3.05) is 10.6 Å². The summed E-state index contributed by atoms with van der Waals surface area (Å²) in [5.41, 5.74) is -3.76. The van der Waals surface area contributed by atoms with Crippen molar-refractivity contribution in [1.29, 1.82) is 0 Å². The van der Waals surface area contributed by atoms with Gasteiger partial charge in [0, 0.05) is 17.3 Å². The van der Waals surface area contributed by atoms with Crippen LogP contribution in [0, 0.1) is 6.92 Å². The first kappa shape index (κ1) is 24.9. The van der Waals surface area contributed by atoms with Crippen molar-refractivity contribution >= 4 is 29.3 Å². The number of nitrogens with one attached hydrogen (secondary N) is 2. The van der Waals surface area contributed by atoms with E-state index in [4.69, 9.17) is 0 Å². The van der Waals surface area contributed by atoms with E-state index < -0.39 is 17.2 Å². The summed E-state index contributed by atoms with van der Waals surface area (Å²) < 4.78 is 40.1. The second-order valence-corrected chi connectivity index (χ2v) is 8.62. The highest BCUT2D eigenvalue weighted by atomic mass is 32.2. The summed E-state index contributed by atoms with van der Waals surface area (Å²) >= 11 is -0.275. The number of halogens is 3. The van der Waals surface area contributed by atoms with Crippen LogP contribution in [0.1, 0.15) is 11.3 Å². The molecule has 0 aliphatic carbocycles. The van der Waals surface area contributed by atoms with Crippen LogP contribution in [0.25, 0.3) is 5.69 Å². The smallest absolute Gasteiger partial charge is 0.446 e. The van der Waals surface area contributed by atoms with Gasteiger partial charge < -0.3 is 10.4 Å². The number of aromatic hydroxyl groups is 1. The van der Waals surface area contributed by atoms with Crippen molar-refractivity contribution in [2.24, 2.45) is 0 Å². The summed E-state index contributed by atoms with van der Waals surface area (Å²) in [5, 5.41) is 15.9. The average Bonchev–Trinajstić information content (AvgIpc) is 3.03. The molecule has 0 unspecified atom stereocenters. The number of hydrogen-bond acceptors (Lipinski definition) is 6. The second kappa shape index (κ2) is 10.2. The highest BCUT2D eigenvalue weighted by Gasteiger charge is 2.29. The molecule has 13 heteroatoms. The third-order valence-electron chi connectivity index (χ3n) is 5.09. The topological polar surface area (TPSA) is 114 Å². The highest BCUT2D eigenvalue weighted by molar-refractivity contribution is 8.00. The number of benzene rings is 1. The Morgan fingerprint density at radius 3 is 2.50 bits per heavy atom. The zero-order valence-electron chi connectivity index (χ0n) is 18.7. The Kier molecular flexibility index (Phi) is 7.01. The molecule has 0 fully saturated rings. The molecule has 3 aromatic heterocycles. The number of anilines is 2. The van der Waals surface area contributed by atoms with E-state index in [0.29, 0.717) is 17.1 Å². The third kappa shape index (κ3) is 5.68. The molecule has 0 atom stereocenters. The fourth-order valence-corrected chi connectivity index (χ4v) is 3.94. The molecule has 3 heterocycles. The van der Waals surface area contributed by atoms with Gasteiger partial charge in [0.2, 0.25) is 5.88 Å². The number of urea groups is 1. The van der Waals surface area contributed by atoms with E-state index in [9.17, 15) is 27.9 Å². The largest absolute Gasteiger partial charge is 0.493 e. The molecule has 186 valence electrons. The van der Waals surface area contributed by atoms with Gasteiger partial charge in [0.1, 0.15) is 5.82 Å². The molecule has 0 saturated heterocycles. The van der Waals surface area contributed by atoms with Gasteiger partial charge in [-0.25, -0.2) is 19.1 Å². The van der Waals surface area contributed by atoms with Crippen molar-refractivity contribution in [3.05, 3.63) is 88.9 Å². The normalized spacial score (nSPS) is 11.3. The summed E-state index contributed by atoms with van der Waals surface area (Å²) in [5.74, 6) is -0.0122. The molecule has 4 rings (SSSR count). The lowest BCUT2D eigenvalue weighted by atomic mass is 10.2. The monoisotopic (exact) mass is 516 g/mol. The number of imidazole rings is 1. The lowest BCUT2D eigenvalue weighted by Gasteiger charge is -2.12. The lowest BCUT2D eigenvalue weighted by Crippen LogP contribution is -2.25. The van der Waals surface area contributed by atoms with Gasteiger partial charge in [0.25, 0.3) is 0 Å². The first-order chi connectivity index (χ1) is 17.1. The Morgan fingerprint density at radius 2 is 1.83 bits per heavy atom. The molecule has 0 bridgehead atoms. The first-order valence-corrected chi connectivity index (χ1v) is 11.2. The predicted molar refractivity (Wildman–Crippen MR) is 129 cm³/mol. The maximum atomic E-state index is 13.2. The van der Waals surface area contributed by atoms with Crippen molar-refractivity contribution in [3.63, 3.8) is 0 Å². The van der Waals surface area contributed by atoms with E-state index in [0.717, 1.165) is 4.57 Å². The Labute approximate surface area is 206 Å². The fourth-order valence-electron chi connectivity index (χ4n) is 3.40. The minimum atomic E-state index is -4.44. The number of rotatable bonds is 6. The summed E-state index contributed by atoms with van der Waals surface area (Å²) in [4.78, 5) is 33.5. The Hall–Kier alpha value is -4.26. The van der Waals surface area contributed by atoms with Crippen LogP contribution in [-0.2, 0) is 6.54 Å². The molecular formula is C23H19F3N6O3S. The summed E-state index contributed by atoms with van der Waals surface area (Å²) in [6, 6.07) is 11.2. The van der Waals surface area contributed by atoms with Gasteiger partial charge in [-0.15, -0.1) is 0 Å². The molecule has 0 aliphatic heterocycles. The van der Waals surface area contributed by atoms with Gasteiger partial charge >= 0.3 is 17.2 Å². The molecular weight excluding hydrogens is 497 g/mol. The number of pyridine rings is 2. The van der Waals surface area contributed by atoms with E-state index in [1.54, 1.807) is 24.3 Å². The van der Waals surface area contributed by atoms with Crippen LogP contribution < -0.4 is 16.3 Å². The Morgan fingerprint density at radius 1 is 1.08 bits per heavy atom. The summed E-state index contributed by atoms with van der Waals surface area (Å²) in [7, 11) is 0. The molecule has 9 nitrogen and oxygen atoms in total. The van der Waals surface area contributed by atoms with Gasteiger partial charge in [-0.1, -0.05) is 6.07 Å². The maximum absolute atomic E-state index is 13.2. The quantitative estimate of drug-likeness (QED) is 0.319. The summed E-state index contributed by atoms with van der Waals surface area (Å²) in [6.07, 6.45) is 4.44. The Balaban J connectivity index is 1.58. The number of carbonyl (C=O) groups is 1. The predicted octanol–water partition coefficient (Wildman–Crippen LogP) is 4.75. The van der Waals surface area contributed by atoms with E-state index in [1.165, 1.54) is 54.3 Å². The van der Waals surface area contributed by atoms with Crippen LogP contribution in [0.3, 0.4) is 0 Å².